The summed E-state index contributed by atoms with van der Waals surface area (Å²) in [5, 5.41) is 3.95. The Hall–Kier alpha value is -2.12. The summed E-state index contributed by atoms with van der Waals surface area (Å²) >= 11 is 9.82. The molecule has 0 saturated carbocycles. The first-order chi connectivity index (χ1) is 15.4. The number of rotatable bonds is 11. The van der Waals surface area contributed by atoms with Crippen molar-refractivity contribution in [3.05, 3.63) is 81.4 Å². The molecule has 32 heavy (non-hydrogen) atoms. The number of aryl methyl sites for hydroxylation is 1. The molecule has 0 fully saturated rings. The van der Waals surface area contributed by atoms with Crippen LogP contribution in [-0.4, -0.2) is 43.7 Å². The number of anilines is 2. The highest BCUT2D eigenvalue weighted by atomic mass is 79.9. The number of pyridine rings is 1. The van der Waals surface area contributed by atoms with Crippen molar-refractivity contribution in [3.8, 4) is 5.75 Å². The molecule has 0 saturated heterocycles. The summed E-state index contributed by atoms with van der Waals surface area (Å²) in [4.78, 5) is 6.61. The Kier molecular flexibility index (Phi) is 9.36. The van der Waals surface area contributed by atoms with Crippen LogP contribution in [0.15, 0.2) is 65.3 Å². The maximum Gasteiger partial charge on any atom is 0.144 e. The van der Waals surface area contributed by atoms with Crippen molar-refractivity contribution in [3.63, 3.8) is 0 Å². The lowest BCUT2D eigenvalue weighted by molar-refractivity contribution is 0.0575. The predicted molar refractivity (Wildman–Crippen MR) is 135 cm³/mol. The number of hydrogen-bond acceptors (Lipinski definition) is 5. The van der Waals surface area contributed by atoms with Gasteiger partial charge in [-0.2, -0.15) is 0 Å². The van der Waals surface area contributed by atoms with Crippen molar-refractivity contribution < 1.29 is 9.47 Å². The first-order valence-corrected chi connectivity index (χ1v) is 11.7. The Balaban J connectivity index is 1.65. The largest absolute Gasteiger partial charge is 0.491 e. The van der Waals surface area contributed by atoms with Crippen LogP contribution in [-0.2, 0) is 11.3 Å². The zero-order valence-electron chi connectivity index (χ0n) is 18.6. The zero-order valence-corrected chi connectivity index (χ0v) is 21.0. The van der Waals surface area contributed by atoms with Gasteiger partial charge in [-0.25, -0.2) is 4.98 Å². The van der Waals surface area contributed by atoms with Gasteiger partial charge in [0.25, 0.3) is 0 Å². The van der Waals surface area contributed by atoms with Crippen LogP contribution < -0.4 is 10.1 Å². The molecule has 1 unspecified atom stereocenters. The lowest BCUT2D eigenvalue weighted by Crippen LogP contribution is -2.30. The van der Waals surface area contributed by atoms with Crippen LogP contribution in [0.2, 0.25) is 5.02 Å². The van der Waals surface area contributed by atoms with Gasteiger partial charge in [-0.15, -0.1) is 0 Å². The summed E-state index contributed by atoms with van der Waals surface area (Å²) < 4.78 is 13.1. The van der Waals surface area contributed by atoms with E-state index in [1.54, 1.807) is 0 Å². The highest BCUT2D eigenvalue weighted by Gasteiger charge is 2.15. The van der Waals surface area contributed by atoms with Gasteiger partial charge in [0.2, 0.25) is 0 Å². The number of nitrogens with zero attached hydrogens (tertiary/aromatic N) is 2. The molecule has 170 valence electrons. The molecule has 0 radical (unpaired) electrons. The molecular weight excluding hydrogens is 490 g/mol. The Morgan fingerprint density at radius 1 is 1.09 bits per heavy atom. The highest BCUT2D eigenvalue weighted by Crippen LogP contribution is 2.33. The van der Waals surface area contributed by atoms with Crippen molar-refractivity contribution in [1.82, 2.24) is 9.88 Å². The van der Waals surface area contributed by atoms with E-state index in [1.807, 2.05) is 55.6 Å². The highest BCUT2D eigenvalue weighted by molar-refractivity contribution is 9.10. The van der Waals surface area contributed by atoms with Crippen LogP contribution >= 0.6 is 27.5 Å². The normalized spacial score (nSPS) is 12.1. The van der Waals surface area contributed by atoms with Gasteiger partial charge in [0.1, 0.15) is 11.6 Å². The second kappa shape index (κ2) is 12.2. The predicted octanol–water partition coefficient (Wildman–Crippen LogP) is 6.32. The van der Waals surface area contributed by atoms with Gasteiger partial charge in [-0.1, -0.05) is 41.9 Å². The number of nitrogens with one attached hydrogen (secondary N) is 1. The first-order valence-electron chi connectivity index (χ1n) is 10.5. The lowest BCUT2D eigenvalue weighted by Gasteiger charge is -2.22. The molecule has 0 aliphatic rings. The maximum absolute atomic E-state index is 6.25. The molecule has 0 aliphatic carbocycles. The van der Waals surface area contributed by atoms with E-state index in [2.05, 4.69) is 57.4 Å². The van der Waals surface area contributed by atoms with Crippen LogP contribution in [0.5, 0.6) is 5.75 Å². The number of benzene rings is 2. The molecule has 3 aromatic rings. The Morgan fingerprint density at radius 2 is 1.88 bits per heavy atom. The molecule has 1 atom stereocenters. The second-order valence-electron chi connectivity index (χ2n) is 8.05. The van der Waals surface area contributed by atoms with Gasteiger partial charge in [0.05, 0.1) is 30.0 Å². The molecule has 1 aromatic heterocycles. The van der Waals surface area contributed by atoms with Gasteiger partial charge >= 0.3 is 0 Å². The molecule has 0 aliphatic heterocycles. The summed E-state index contributed by atoms with van der Waals surface area (Å²) in [6.07, 6.45) is 1.81. The molecule has 1 N–H and O–H groups in total. The van der Waals surface area contributed by atoms with E-state index in [0.717, 1.165) is 33.6 Å². The molecule has 0 amide bonds. The minimum atomic E-state index is 0.210. The topological polar surface area (TPSA) is 46.6 Å². The molecule has 2 aromatic carbocycles. The van der Waals surface area contributed by atoms with Crippen molar-refractivity contribution in [2.24, 2.45) is 5.92 Å². The smallest absolute Gasteiger partial charge is 0.144 e. The third-order valence-corrected chi connectivity index (χ3v) is 5.58. The van der Waals surface area contributed by atoms with E-state index < -0.39 is 0 Å². The molecule has 1 heterocycles. The Labute approximate surface area is 203 Å². The minimum Gasteiger partial charge on any atom is -0.491 e. The van der Waals surface area contributed by atoms with Gasteiger partial charge in [-0.05, 0) is 72.3 Å². The fourth-order valence-corrected chi connectivity index (χ4v) is 4.01. The molecule has 0 bridgehead atoms. The Bertz CT molecular complexity index is 1000. The SMILES string of the molecule is Cc1cnc(Nc2cc(Cl)ccc2OCC(COCc2ccccc2)CN(C)C)c(Br)c1. The number of aromatic nitrogens is 1. The van der Waals surface area contributed by atoms with Crippen LogP contribution in [0.25, 0.3) is 0 Å². The van der Waals surface area contributed by atoms with Crippen LogP contribution in [0, 0.1) is 12.8 Å². The monoisotopic (exact) mass is 517 g/mol. The van der Waals surface area contributed by atoms with E-state index in [1.165, 1.54) is 0 Å². The fraction of sp³-hybridized carbons (Fsp3) is 0.320. The molecule has 0 spiro atoms. The standard InChI is InChI=1S/C25H29BrClN3O2/c1-18-11-22(26)25(28-13-18)29-23-12-21(27)9-10-24(23)32-17-20(14-30(2)3)16-31-15-19-7-5-4-6-8-19/h4-13,20H,14-17H2,1-3H3,(H,28,29). The summed E-state index contributed by atoms with van der Waals surface area (Å²) in [6, 6.07) is 17.8. The van der Waals surface area contributed by atoms with E-state index >= 15 is 0 Å². The molecule has 7 heteroatoms. The minimum absolute atomic E-state index is 0.210. The van der Waals surface area contributed by atoms with Gasteiger partial charge in [0.15, 0.2) is 0 Å². The van der Waals surface area contributed by atoms with Crippen LogP contribution in [0.3, 0.4) is 0 Å². The number of hydrogen-bond donors (Lipinski definition) is 1. The number of ether oxygens (including phenoxy) is 2. The molecular formula is C25H29BrClN3O2. The van der Waals surface area contributed by atoms with E-state index in [-0.39, 0.29) is 5.92 Å². The Morgan fingerprint density at radius 3 is 2.59 bits per heavy atom. The van der Waals surface area contributed by atoms with Crippen molar-refractivity contribution >= 4 is 39.0 Å². The zero-order chi connectivity index (χ0) is 22.9. The average molecular weight is 519 g/mol. The summed E-state index contributed by atoms with van der Waals surface area (Å²) in [7, 11) is 4.11. The van der Waals surface area contributed by atoms with Crippen molar-refractivity contribution in [2.75, 3.05) is 39.2 Å². The summed E-state index contributed by atoms with van der Waals surface area (Å²) in [6.45, 7) is 4.57. The average Bonchev–Trinajstić information content (AvgIpc) is 2.75. The van der Waals surface area contributed by atoms with Crippen molar-refractivity contribution in [2.45, 2.75) is 13.5 Å². The third kappa shape index (κ3) is 7.78. The fourth-order valence-electron chi connectivity index (χ4n) is 3.27. The van der Waals surface area contributed by atoms with Crippen LogP contribution in [0.1, 0.15) is 11.1 Å². The van der Waals surface area contributed by atoms with Crippen LogP contribution in [0.4, 0.5) is 11.5 Å². The second-order valence-corrected chi connectivity index (χ2v) is 9.34. The van der Waals surface area contributed by atoms with Gasteiger partial charge < -0.3 is 19.7 Å². The first kappa shape index (κ1) is 24.5. The quantitative estimate of drug-likeness (QED) is 0.322. The molecule has 5 nitrogen and oxygen atoms in total. The lowest BCUT2D eigenvalue weighted by atomic mass is 10.1. The maximum atomic E-state index is 6.25. The molecule has 3 rings (SSSR count). The van der Waals surface area contributed by atoms with Gasteiger partial charge in [0, 0.05) is 23.7 Å². The van der Waals surface area contributed by atoms with Crippen molar-refractivity contribution in [1.29, 1.82) is 0 Å². The van der Waals surface area contributed by atoms with E-state index in [4.69, 9.17) is 21.1 Å². The summed E-state index contributed by atoms with van der Waals surface area (Å²) in [5.74, 6) is 1.63. The summed E-state index contributed by atoms with van der Waals surface area (Å²) in [5.41, 5.74) is 3.01. The van der Waals surface area contributed by atoms with E-state index in [0.29, 0.717) is 30.7 Å². The third-order valence-electron chi connectivity index (χ3n) is 4.74. The van der Waals surface area contributed by atoms with E-state index in [9.17, 15) is 0 Å². The number of halogens is 2. The van der Waals surface area contributed by atoms with Gasteiger partial charge in [-0.3, -0.25) is 0 Å².